The van der Waals surface area contributed by atoms with Crippen LogP contribution in [-0.2, 0) is 11.2 Å². The minimum atomic E-state index is 0.520. The van der Waals surface area contributed by atoms with Crippen molar-refractivity contribution in [1.82, 2.24) is 0 Å². The molecule has 1 rings (SSSR count). The number of methoxy groups -OCH3 is 1. The molecule has 3 heteroatoms. The highest BCUT2D eigenvalue weighted by molar-refractivity contribution is 6.31. The molecule has 1 atom stereocenters. The second kappa shape index (κ2) is 8.51. The maximum absolute atomic E-state index is 6.15. The predicted octanol–water partition coefficient (Wildman–Crippen LogP) is 3.27. The highest BCUT2D eigenvalue weighted by Gasteiger charge is 2.09. The van der Waals surface area contributed by atoms with Gasteiger partial charge in [0.15, 0.2) is 0 Å². The fourth-order valence-electron chi connectivity index (χ4n) is 1.96. The van der Waals surface area contributed by atoms with E-state index in [1.807, 2.05) is 18.2 Å². The highest BCUT2D eigenvalue weighted by atomic mass is 35.5. The van der Waals surface area contributed by atoms with E-state index in [4.69, 9.17) is 22.1 Å². The molecule has 0 aliphatic rings. The number of halogens is 1. The molecule has 0 heterocycles. The highest BCUT2D eigenvalue weighted by Crippen LogP contribution is 2.21. The molecule has 1 aromatic rings. The summed E-state index contributed by atoms with van der Waals surface area (Å²) in [6.07, 6.45) is 4.39. The van der Waals surface area contributed by atoms with Crippen molar-refractivity contribution in [2.75, 3.05) is 20.3 Å². The van der Waals surface area contributed by atoms with Gasteiger partial charge >= 0.3 is 0 Å². The van der Waals surface area contributed by atoms with Gasteiger partial charge in [-0.1, -0.05) is 36.2 Å². The number of benzene rings is 1. The Labute approximate surface area is 109 Å². The first-order chi connectivity index (χ1) is 8.27. The summed E-state index contributed by atoms with van der Waals surface area (Å²) in [7, 11) is 1.74. The Hall–Kier alpha value is -0.570. The molecule has 1 aromatic carbocycles. The van der Waals surface area contributed by atoms with E-state index in [0.717, 1.165) is 37.4 Å². The first-order valence-corrected chi connectivity index (χ1v) is 6.58. The number of ether oxygens (including phenoxy) is 1. The zero-order valence-electron chi connectivity index (χ0n) is 10.5. The van der Waals surface area contributed by atoms with Crippen LogP contribution in [0.25, 0.3) is 0 Å². The topological polar surface area (TPSA) is 35.2 Å². The molecule has 0 amide bonds. The maximum Gasteiger partial charge on any atom is 0.0462 e. The largest absolute Gasteiger partial charge is 0.385 e. The van der Waals surface area contributed by atoms with Crippen LogP contribution in [-0.4, -0.2) is 20.3 Å². The van der Waals surface area contributed by atoms with Gasteiger partial charge in [0, 0.05) is 18.7 Å². The molecule has 0 spiro atoms. The van der Waals surface area contributed by atoms with Crippen molar-refractivity contribution in [3.63, 3.8) is 0 Å². The van der Waals surface area contributed by atoms with E-state index in [1.165, 1.54) is 12.0 Å². The first kappa shape index (κ1) is 14.5. The van der Waals surface area contributed by atoms with Gasteiger partial charge < -0.3 is 10.5 Å². The Morgan fingerprint density at radius 3 is 2.71 bits per heavy atom. The molecule has 0 aliphatic carbocycles. The van der Waals surface area contributed by atoms with Gasteiger partial charge in [0.1, 0.15) is 0 Å². The third-order valence-corrected chi connectivity index (χ3v) is 3.38. The van der Waals surface area contributed by atoms with Crippen molar-refractivity contribution in [2.45, 2.75) is 25.7 Å². The molecule has 2 N–H and O–H groups in total. The number of hydrogen-bond donors (Lipinski definition) is 1. The van der Waals surface area contributed by atoms with Gasteiger partial charge in [-0.25, -0.2) is 0 Å². The summed E-state index contributed by atoms with van der Waals surface area (Å²) in [5.41, 5.74) is 7.02. The molecular formula is C14H22ClNO. The minimum Gasteiger partial charge on any atom is -0.385 e. The van der Waals surface area contributed by atoms with E-state index in [2.05, 4.69) is 6.07 Å². The standard InChI is InChI=1S/C14H22ClNO/c1-17-9-5-4-6-12(11-16)10-13-7-2-3-8-14(13)15/h2-3,7-8,12H,4-6,9-11,16H2,1H3. The predicted molar refractivity (Wildman–Crippen MR) is 73.4 cm³/mol. The molecule has 1 unspecified atom stereocenters. The molecule has 0 saturated carbocycles. The Kier molecular flexibility index (Phi) is 7.25. The van der Waals surface area contributed by atoms with Crippen LogP contribution in [0.1, 0.15) is 24.8 Å². The third kappa shape index (κ3) is 5.53. The molecule has 0 aromatic heterocycles. The average Bonchev–Trinajstić information content (AvgIpc) is 2.35. The Bertz CT molecular complexity index is 317. The molecule has 96 valence electrons. The van der Waals surface area contributed by atoms with Crippen molar-refractivity contribution < 1.29 is 4.74 Å². The normalized spacial score (nSPS) is 12.6. The van der Waals surface area contributed by atoms with E-state index in [9.17, 15) is 0 Å². The van der Waals surface area contributed by atoms with Crippen LogP contribution >= 0.6 is 11.6 Å². The summed E-state index contributed by atoms with van der Waals surface area (Å²) in [5, 5.41) is 0.850. The van der Waals surface area contributed by atoms with Crippen LogP contribution in [0.15, 0.2) is 24.3 Å². The zero-order valence-corrected chi connectivity index (χ0v) is 11.2. The van der Waals surface area contributed by atoms with Crippen molar-refractivity contribution >= 4 is 11.6 Å². The van der Waals surface area contributed by atoms with E-state index in [-0.39, 0.29) is 0 Å². The second-order valence-corrected chi connectivity index (χ2v) is 4.79. The fourth-order valence-corrected chi connectivity index (χ4v) is 2.17. The maximum atomic E-state index is 6.15. The summed E-state index contributed by atoms with van der Waals surface area (Å²) >= 11 is 6.15. The molecule has 0 fully saturated rings. The van der Waals surface area contributed by atoms with Gasteiger partial charge in [-0.2, -0.15) is 0 Å². The van der Waals surface area contributed by atoms with Crippen LogP contribution in [0.5, 0.6) is 0 Å². The van der Waals surface area contributed by atoms with Crippen LogP contribution in [0.2, 0.25) is 5.02 Å². The van der Waals surface area contributed by atoms with Crippen LogP contribution in [0, 0.1) is 5.92 Å². The van der Waals surface area contributed by atoms with Gasteiger partial charge in [-0.15, -0.1) is 0 Å². The van der Waals surface area contributed by atoms with Gasteiger partial charge in [0.2, 0.25) is 0 Å². The van der Waals surface area contributed by atoms with Crippen LogP contribution in [0.4, 0.5) is 0 Å². The Morgan fingerprint density at radius 2 is 2.06 bits per heavy atom. The number of unbranched alkanes of at least 4 members (excludes halogenated alkanes) is 1. The molecule has 2 nitrogen and oxygen atoms in total. The SMILES string of the molecule is COCCCCC(CN)Cc1ccccc1Cl. The molecule has 17 heavy (non-hydrogen) atoms. The second-order valence-electron chi connectivity index (χ2n) is 4.39. The average molecular weight is 256 g/mol. The van der Waals surface area contributed by atoms with E-state index >= 15 is 0 Å². The summed E-state index contributed by atoms with van der Waals surface area (Å²) in [6.45, 7) is 1.56. The smallest absolute Gasteiger partial charge is 0.0462 e. The fraction of sp³-hybridized carbons (Fsp3) is 0.571. The van der Waals surface area contributed by atoms with Gasteiger partial charge in [0.25, 0.3) is 0 Å². The van der Waals surface area contributed by atoms with Crippen molar-refractivity contribution in [3.8, 4) is 0 Å². The quantitative estimate of drug-likeness (QED) is 0.724. The summed E-state index contributed by atoms with van der Waals surface area (Å²) in [5.74, 6) is 0.520. The lowest BCUT2D eigenvalue weighted by Gasteiger charge is -2.15. The molecule has 0 radical (unpaired) electrons. The van der Waals surface area contributed by atoms with Crippen LogP contribution < -0.4 is 5.73 Å². The van der Waals surface area contributed by atoms with E-state index in [1.54, 1.807) is 7.11 Å². The Morgan fingerprint density at radius 1 is 1.29 bits per heavy atom. The minimum absolute atomic E-state index is 0.520. The monoisotopic (exact) mass is 255 g/mol. The number of hydrogen-bond acceptors (Lipinski definition) is 2. The van der Waals surface area contributed by atoms with Gasteiger partial charge in [0.05, 0.1) is 0 Å². The lowest BCUT2D eigenvalue weighted by Crippen LogP contribution is -2.17. The molecule has 0 aliphatic heterocycles. The molecule has 0 saturated heterocycles. The van der Waals surface area contributed by atoms with Crippen molar-refractivity contribution in [2.24, 2.45) is 11.7 Å². The number of nitrogens with two attached hydrogens (primary N) is 1. The molecule has 0 bridgehead atoms. The van der Waals surface area contributed by atoms with Gasteiger partial charge in [-0.3, -0.25) is 0 Å². The lowest BCUT2D eigenvalue weighted by molar-refractivity contribution is 0.190. The first-order valence-electron chi connectivity index (χ1n) is 6.20. The summed E-state index contributed by atoms with van der Waals surface area (Å²) in [4.78, 5) is 0. The van der Waals surface area contributed by atoms with E-state index < -0.39 is 0 Å². The zero-order chi connectivity index (χ0) is 12.5. The number of rotatable bonds is 8. The summed E-state index contributed by atoms with van der Waals surface area (Å²) in [6, 6.07) is 8.01. The molecular weight excluding hydrogens is 234 g/mol. The van der Waals surface area contributed by atoms with Crippen LogP contribution in [0.3, 0.4) is 0 Å². The summed E-state index contributed by atoms with van der Waals surface area (Å²) < 4.78 is 5.04. The van der Waals surface area contributed by atoms with Crippen molar-refractivity contribution in [1.29, 1.82) is 0 Å². The third-order valence-electron chi connectivity index (χ3n) is 3.01. The van der Waals surface area contributed by atoms with E-state index in [0.29, 0.717) is 5.92 Å². The lowest BCUT2D eigenvalue weighted by atomic mass is 9.94. The van der Waals surface area contributed by atoms with Gasteiger partial charge in [-0.05, 0) is 43.4 Å². The van der Waals surface area contributed by atoms with Crippen molar-refractivity contribution in [3.05, 3.63) is 34.9 Å². The Balaban J connectivity index is 2.38.